The number of anilines is 2. The Bertz CT molecular complexity index is 623. The molecule has 0 bridgehead atoms. The third-order valence-electron chi connectivity index (χ3n) is 3.09. The van der Waals surface area contributed by atoms with Crippen LogP contribution >= 0.6 is 0 Å². The Kier molecular flexibility index (Phi) is 4.95. The van der Waals surface area contributed by atoms with Crippen LogP contribution in [-0.2, 0) is 17.8 Å². The molecule has 2 rings (SSSR count). The molecule has 0 spiro atoms. The summed E-state index contributed by atoms with van der Waals surface area (Å²) in [4.78, 5) is 14.2. The summed E-state index contributed by atoms with van der Waals surface area (Å²) in [5.41, 5.74) is 9.28. The lowest BCUT2D eigenvalue weighted by Crippen LogP contribution is -2.18. The Morgan fingerprint density at radius 2 is 1.90 bits per heavy atom. The molecule has 1 amide bonds. The van der Waals surface area contributed by atoms with Gasteiger partial charge in [0.1, 0.15) is 0 Å². The van der Waals surface area contributed by atoms with E-state index in [1.807, 2.05) is 62.6 Å². The number of nitrogens with two attached hydrogens (primary N) is 1. The molecule has 110 valence electrons. The van der Waals surface area contributed by atoms with E-state index in [0.29, 0.717) is 12.1 Å². The number of benzene rings is 2. The van der Waals surface area contributed by atoms with Crippen molar-refractivity contribution < 1.29 is 4.79 Å². The lowest BCUT2D eigenvalue weighted by Gasteiger charge is -2.15. The minimum Gasteiger partial charge on any atom is -0.399 e. The summed E-state index contributed by atoms with van der Waals surface area (Å²) in [5.74, 6) is -0.0354. The van der Waals surface area contributed by atoms with Gasteiger partial charge in [-0.25, -0.2) is 0 Å². The average molecular weight is 283 g/mol. The first-order valence-corrected chi connectivity index (χ1v) is 6.91. The van der Waals surface area contributed by atoms with E-state index in [-0.39, 0.29) is 5.91 Å². The van der Waals surface area contributed by atoms with E-state index in [2.05, 4.69) is 10.2 Å². The fourth-order valence-corrected chi connectivity index (χ4v) is 2.20. The van der Waals surface area contributed by atoms with Crippen LogP contribution < -0.4 is 11.1 Å². The zero-order valence-corrected chi connectivity index (χ0v) is 12.5. The van der Waals surface area contributed by atoms with Crippen LogP contribution in [-0.4, -0.2) is 24.9 Å². The molecule has 0 saturated carbocycles. The lowest BCUT2D eigenvalue weighted by molar-refractivity contribution is -0.115. The number of para-hydroxylation sites is 1. The highest BCUT2D eigenvalue weighted by Crippen LogP contribution is 2.17. The van der Waals surface area contributed by atoms with E-state index in [9.17, 15) is 4.79 Å². The second kappa shape index (κ2) is 6.90. The second-order valence-electron chi connectivity index (χ2n) is 5.36. The number of nitrogen functional groups attached to an aromatic ring is 1. The van der Waals surface area contributed by atoms with Gasteiger partial charge in [0.25, 0.3) is 0 Å². The number of hydrogen-bond donors (Lipinski definition) is 2. The fourth-order valence-electron chi connectivity index (χ4n) is 2.20. The van der Waals surface area contributed by atoms with Crippen molar-refractivity contribution in [2.75, 3.05) is 25.1 Å². The van der Waals surface area contributed by atoms with Gasteiger partial charge in [0, 0.05) is 17.9 Å². The normalized spacial score (nSPS) is 10.6. The Morgan fingerprint density at radius 1 is 1.14 bits per heavy atom. The number of carbonyl (C=O) groups is 1. The third kappa shape index (κ3) is 4.61. The molecular formula is C17H21N3O. The first-order valence-electron chi connectivity index (χ1n) is 6.91. The van der Waals surface area contributed by atoms with Crippen molar-refractivity contribution in [2.24, 2.45) is 0 Å². The minimum absolute atomic E-state index is 0.0354. The summed E-state index contributed by atoms with van der Waals surface area (Å²) in [6, 6.07) is 15.3. The Morgan fingerprint density at radius 3 is 2.62 bits per heavy atom. The molecule has 0 atom stereocenters. The van der Waals surface area contributed by atoms with Gasteiger partial charge in [-0.2, -0.15) is 0 Å². The highest BCUT2D eigenvalue weighted by molar-refractivity contribution is 5.93. The van der Waals surface area contributed by atoms with Gasteiger partial charge in [0.15, 0.2) is 0 Å². The number of nitrogens with one attached hydrogen (secondary N) is 1. The van der Waals surface area contributed by atoms with Crippen LogP contribution in [0.1, 0.15) is 11.1 Å². The molecule has 3 N–H and O–H groups in total. The second-order valence-corrected chi connectivity index (χ2v) is 5.36. The number of hydrogen-bond acceptors (Lipinski definition) is 3. The average Bonchev–Trinajstić information content (AvgIpc) is 2.40. The molecular weight excluding hydrogens is 262 g/mol. The van der Waals surface area contributed by atoms with E-state index in [0.717, 1.165) is 23.4 Å². The maximum atomic E-state index is 12.2. The van der Waals surface area contributed by atoms with Crippen LogP contribution in [0.25, 0.3) is 0 Å². The van der Waals surface area contributed by atoms with Crippen molar-refractivity contribution in [1.29, 1.82) is 0 Å². The molecule has 2 aromatic rings. The van der Waals surface area contributed by atoms with Gasteiger partial charge < -0.3 is 16.0 Å². The predicted octanol–water partition coefficient (Wildman–Crippen LogP) is 2.51. The largest absolute Gasteiger partial charge is 0.399 e. The van der Waals surface area contributed by atoms with Crippen LogP contribution in [0.15, 0.2) is 48.5 Å². The van der Waals surface area contributed by atoms with Crippen LogP contribution in [0.4, 0.5) is 11.4 Å². The quantitative estimate of drug-likeness (QED) is 0.829. The summed E-state index contributed by atoms with van der Waals surface area (Å²) in [6.45, 7) is 0.786. The van der Waals surface area contributed by atoms with Crippen LogP contribution in [0.3, 0.4) is 0 Å². The van der Waals surface area contributed by atoms with Crippen molar-refractivity contribution in [2.45, 2.75) is 13.0 Å². The van der Waals surface area contributed by atoms with Crippen molar-refractivity contribution in [3.63, 3.8) is 0 Å². The van der Waals surface area contributed by atoms with Gasteiger partial charge in [-0.1, -0.05) is 30.3 Å². The number of rotatable bonds is 5. The maximum Gasteiger partial charge on any atom is 0.228 e. The summed E-state index contributed by atoms with van der Waals surface area (Å²) in [7, 11) is 4.01. The predicted molar refractivity (Wildman–Crippen MR) is 87.0 cm³/mol. The molecule has 2 aromatic carbocycles. The van der Waals surface area contributed by atoms with Gasteiger partial charge in [-0.15, -0.1) is 0 Å². The zero-order chi connectivity index (χ0) is 15.2. The van der Waals surface area contributed by atoms with E-state index in [1.165, 1.54) is 0 Å². The SMILES string of the molecule is CN(C)Cc1ccccc1NC(=O)Cc1cccc(N)c1. The smallest absolute Gasteiger partial charge is 0.228 e. The van der Waals surface area contributed by atoms with Crippen LogP contribution in [0.5, 0.6) is 0 Å². The number of carbonyl (C=O) groups excluding carboxylic acids is 1. The van der Waals surface area contributed by atoms with Gasteiger partial charge in [0.2, 0.25) is 5.91 Å². The first kappa shape index (κ1) is 15.1. The highest BCUT2D eigenvalue weighted by atomic mass is 16.1. The molecule has 0 aliphatic rings. The molecule has 4 heteroatoms. The molecule has 4 nitrogen and oxygen atoms in total. The van der Waals surface area contributed by atoms with E-state index in [4.69, 9.17) is 5.73 Å². The van der Waals surface area contributed by atoms with Crippen molar-refractivity contribution in [1.82, 2.24) is 4.90 Å². The molecule has 0 radical (unpaired) electrons. The van der Waals surface area contributed by atoms with E-state index in [1.54, 1.807) is 0 Å². The van der Waals surface area contributed by atoms with Gasteiger partial charge in [0.05, 0.1) is 6.42 Å². The standard InChI is InChI=1S/C17H21N3O/c1-20(2)12-14-7-3-4-9-16(14)19-17(21)11-13-6-5-8-15(18)10-13/h3-10H,11-12,18H2,1-2H3,(H,19,21). The maximum absolute atomic E-state index is 12.2. The zero-order valence-electron chi connectivity index (χ0n) is 12.5. The van der Waals surface area contributed by atoms with Crippen LogP contribution in [0, 0.1) is 0 Å². The summed E-state index contributed by atoms with van der Waals surface area (Å²) >= 11 is 0. The van der Waals surface area contributed by atoms with Crippen molar-refractivity contribution in [3.05, 3.63) is 59.7 Å². The minimum atomic E-state index is -0.0354. The molecule has 0 unspecified atom stereocenters. The monoisotopic (exact) mass is 283 g/mol. The molecule has 0 aromatic heterocycles. The highest BCUT2D eigenvalue weighted by Gasteiger charge is 2.08. The summed E-state index contributed by atoms with van der Waals surface area (Å²) < 4.78 is 0. The van der Waals surface area contributed by atoms with E-state index < -0.39 is 0 Å². The van der Waals surface area contributed by atoms with Gasteiger partial charge in [-0.05, 0) is 43.4 Å². The first-order chi connectivity index (χ1) is 10.0. The Labute approximate surface area is 125 Å². The molecule has 0 aliphatic carbocycles. The van der Waals surface area contributed by atoms with Crippen molar-refractivity contribution in [3.8, 4) is 0 Å². The number of nitrogens with zero attached hydrogens (tertiary/aromatic N) is 1. The third-order valence-corrected chi connectivity index (χ3v) is 3.09. The molecule has 0 aliphatic heterocycles. The van der Waals surface area contributed by atoms with Gasteiger partial charge >= 0.3 is 0 Å². The summed E-state index contributed by atoms with van der Waals surface area (Å²) in [5, 5.41) is 2.98. The Balaban J connectivity index is 2.06. The number of amides is 1. The van der Waals surface area contributed by atoms with Gasteiger partial charge in [-0.3, -0.25) is 4.79 Å². The summed E-state index contributed by atoms with van der Waals surface area (Å²) in [6.07, 6.45) is 0.321. The van der Waals surface area contributed by atoms with Crippen molar-refractivity contribution >= 4 is 17.3 Å². The lowest BCUT2D eigenvalue weighted by atomic mass is 10.1. The van der Waals surface area contributed by atoms with Crippen LogP contribution in [0.2, 0.25) is 0 Å². The topological polar surface area (TPSA) is 58.4 Å². The van der Waals surface area contributed by atoms with E-state index >= 15 is 0 Å². The molecule has 0 saturated heterocycles. The fraction of sp³-hybridized carbons (Fsp3) is 0.235. The molecule has 21 heavy (non-hydrogen) atoms. The molecule has 0 fully saturated rings. The Hall–Kier alpha value is -2.33. The molecule has 0 heterocycles.